The number of carbonyl (C=O) groups is 3. The molecule has 1 N–H and O–H groups in total. The van der Waals surface area contributed by atoms with Gasteiger partial charge >= 0.3 is 6.03 Å². The lowest BCUT2D eigenvalue weighted by molar-refractivity contribution is -0.140. The molecule has 1 aromatic carbocycles. The molecule has 4 amide bonds. The van der Waals surface area contributed by atoms with Gasteiger partial charge in [0.25, 0.3) is 5.91 Å². The summed E-state index contributed by atoms with van der Waals surface area (Å²) in [5, 5.41) is 2.82. The number of hydrogen-bond donors (Lipinski definition) is 1. The molecule has 0 saturated carbocycles. The Labute approximate surface area is 166 Å². The van der Waals surface area contributed by atoms with Crippen molar-refractivity contribution in [3.63, 3.8) is 0 Å². The Kier molecular flexibility index (Phi) is 5.63. The summed E-state index contributed by atoms with van der Waals surface area (Å²) in [7, 11) is 1.57. The number of ether oxygens (including phenoxy) is 1. The Morgan fingerprint density at radius 1 is 1.18 bits per heavy atom. The molecule has 0 aromatic heterocycles. The van der Waals surface area contributed by atoms with Crippen molar-refractivity contribution in [2.24, 2.45) is 11.8 Å². The Balaban J connectivity index is 1.79. The highest BCUT2D eigenvalue weighted by Gasteiger charge is 2.52. The maximum absolute atomic E-state index is 13.2. The zero-order valence-corrected chi connectivity index (χ0v) is 17.0. The summed E-state index contributed by atoms with van der Waals surface area (Å²) in [6, 6.07) is 6.56. The first kappa shape index (κ1) is 20.2. The Morgan fingerprint density at radius 3 is 2.32 bits per heavy atom. The number of carbonyl (C=O) groups excluding carboxylic acids is 3. The van der Waals surface area contributed by atoms with E-state index in [2.05, 4.69) is 19.2 Å². The minimum absolute atomic E-state index is 0.177. The molecular weight excluding hydrogens is 358 g/mol. The van der Waals surface area contributed by atoms with Crippen molar-refractivity contribution in [3.8, 4) is 5.75 Å². The van der Waals surface area contributed by atoms with Gasteiger partial charge in [0.05, 0.1) is 7.11 Å². The summed E-state index contributed by atoms with van der Waals surface area (Å²) in [6.07, 6.45) is 1.48. The third-order valence-electron chi connectivity index (χ3n) is 5.80. The summed E-state index contributed by atoms with van der Waals surface area (Å²) in [5.74, 6) is 0.960. The minimum Gasteiger partial charge on any atom is -0.497 e. The molecule has 1 aromatic rings. The highest BCUT2D eigenvalue weighted by molar-refractivity contribution is 6.09. The van der Waals surface area contributed by atoms with Crippen LogP contribution in [-0.2, 0) is 15.1 Å². The van der Waals surface area contributed by atoms with E-state index in [0.29, 0.717) is 42.7 Å². The van der Waals surface area contributed by atoms with Crippen LogP contribution in [-0.4, -0.2) is 54.4 Å². The van der Waals surface area contributed by atoms with Crippen LogP contribution < -0.4 is 10.1 Å². The van der Waals surface area contributed by atoms with Gasteiger partial charge in [-0.1, -0.05) is 32.9 Å². The number of urea groups is 1. The van der Waals surface area contributed by atoms with Crippen molar-refractivity contribution in [1.29, 1.82) is 0 Å². The molecule has 7 nitrogen and oxygen atoms in total. The second-order valence-corrected chi connectivity index (χ2v) is 8.05. The number of amides is 4. The number of nitrogens with one attached hydrogen (secondary N) is 1. The molecule has 2 saturated heterocycles. The van der Waals surface area contributed by atoms with Gasteiger partial charge in [-0.05, 0) is 42.4 Å². The molecule has 2 aliphatic heterocycles. The minimum atomic E-state index is -1.15. The molecule has 2 fully saturated rings. The molecular formula is C21H29N3O4. The molecule has 0 unspecified atom stereocenters. The van der Waals surface area contributed by atoms with Gasteiger partial charge in [-0.25, -0.2) is 4.79 Å². The maximum atomic E-state index is 13.2. The molecule has 2 heterocycles. The quantitative estimate of drug-likeness (QED) is 0.787. The maximum Gasteiger partial charge on any atom is 0.325 e. The number of nitrogens with zero attached hydrogens (tertiary/aromatic N) is 2. The van der Waals surface area contributed by atoms with Gasteiger partial charge in [0.15, 0.2) is 0 Å². The first-order valence-corrected chi connectivity index (χ1v) is 9.87. The fourth-order valence-corrected chi connectivity index (χ4v) is 4.39. The molecule has 2 aliphatic rings. The van der Waals surface area contributed by atoms with Crippen LogP contribution in [0.1, 0.15) is 39.2 Å². The summed E-state index contributed by atoms with van der Waals surface area (Å²) in [5.41, 5.74) is -0.462. The second kappa shape index (κ2) is 7.81. The van der Waals surface area contributed by atoms with E-state index in [1.165, 1.54) is 0 Å². The van der Waals surface area contributed by atoms with Crippen molar-refractivity contribution >= 4 is 17.8 Å². The molecule has 0 spiro atoms. The van der Waals surface area contributed by atoms with Crippen molar-refractivity contribution in [2.45, 2.75) is 39.2 Å². The Morgan fingerprint density at radius 2 is 1.79 bits per heavy atom. The summed E-state index contributed by atoms with van der Waals surface area (Å²) < 4.78 is 5.17. The van der Waals surface area contributed by atoms with Gasteiger partial charge in [0.2, 0.25) is 5.91 Å². The topological polar surface area (TPSA) is 79.0 Å². The number of hydrogen-bond acceptors (Lipinski definition) is 4. The van der Waals surface area contributed by atoms with Gasteiger partial charge in [0, 0.05) is 13.1 Å². The van der Waals surface area contributed by atoms with E-state index in [1.807, 2.05) is 6.92 Å². The summed E-state index contributed by atoms with van der Waals surface area (Å²) in [6.45, 7) is 7.21. The summed E-state index contributed by atoms with van der Waals surface area (Å²) in [4.78, 5) is 41.4. The molecule has 152 valence electrons. The van der Waals surface area contributed by atoms with E-state index in [0.717, 1.165) is 11.3 Å². The SMILES string of the molecule is CC[C@]1(c2ccc(OC)cc2)NC(=O)N(CC(=O)N2C[C@@H](C)C[C@H](C)C2)C1=O. The lowest BCUT2D eigenvalue weighted by atomic mass is 9.87. The van der Waals surface area contributed by atoms with E-state index in [1.54, 1.807) is 36.3 Å². The zero-order chi connectivity index (χ0) is 20.5. The number of rotatable bonds is 5. The molecule has 0 aliphatic carbocycles. The molecule has 28 heavy (non-hydrogen) atoms. The third-order valence-corrected chi connectivity index (χ3v) is 5.80. The van der Waals surface area contributed by atoms with Crippen molar-refractivity contribution in [3.05, 3.63) is 29.8 Å². The normalized spacial score (nSPS) is 27.7. The zero-order valence-electron chi connectivity index (χ0n) is 17.0. The van der Waals surface area contributed by atoms with E-state index < -0.39 is 11.6 Å². The first-order valence-electron chi connectivity index (χ1n) is 9.87. The van der Waals surface area contributed by atoms with E-state index in [9.17, 15) is 14.4 Å². The number of imide groups is 1. The highest BCUT2D eigenvalue weighted by Crippen LogP contribution is 2.33. The molecule has 7 heteroatoms. The van der Waals surface area contributed by atoms with Crippen LogP contribution in [0, 0.1) is 11.8 Å². The molecule has 0 bridgehead atoms. The smallest absolute Gasteiger partial charge is 0.325 e. The van der Waals surface area contributed by atoms with Crippen LogP contribution in [0.15, 0.2) is 24.3 Å². The predicted octanol–water partition coefficient (Wildman–Crippen LogP) is 2.36. The second-order valence-electron chi connectivity index (χ2n) is 8.05. The Hall–Kier alpha value is -2.57. The lowest BCUT2D eigenvalue weighted by Gasteiger charge is -2.35. The largest absolute Gasteiger partial charge is 0.497 e. The van der Waals surface area contributed by atoms with Gasteiger partial charge in [-0.3, -0.25) is 14.5 Å². The number of piperidine rings is 1. The molecule has 3 atom stereocenters. The van der Waals surface area contributed by atoms with E-state index >= 15 is 0 Å². The average molecular weight is 387 g/mol. The monoisotopic (exact) mass is 387 g/mol. The fraction of sp³-hybridized carbons (Fsp3) is 0.571. The van der Waals surface area contributed by atoms with Crippen LogP contribution in [0.2, 0.25) is 0 Å². The van der Waals surface area contributed by atoms with Crippen LogP contribution >= 0.6 is 0 Å². The molecule has 0 radical (unpaired) electrons. The number of likely N-dealkylation sites (tertiary alicyclic amines) is 1. The van der Waals surface area contributed by atoms with Crippen LogP contribution in [0.5, 0.6) is 5.75 Å². The van der Waals surface area contributed by atoms with Crippen LogP contribution in [0.4, 0.5) is 4.79 Å². The van der Waals surface area contributed by atoms with Gasteiger partial charge in [0.1, 0.15) is 17.8 Å². The predicted molar refractivity (Wildman–Crippen MR) is 105 cm³/mol. The third kappa shape index (κ3) is 3.57. The highest BCUT2D eigenvalue weighted by atomic mass is 16.5. The van der Waals surface area contributed by atoms with Crippen molar-refractivity contribution in [2.75, 3.05) is 26.7 Å². The van der Waals surface area contributed by atoms with E-state index in [4.69, 9.17) is 4.74 Å². The first-order chi connectivity index (χ1) is 13.3. The van der Waals surface area contributed by atoms with Gasteiger partial charge < -0.3 is 15.0 Å². The summed E-state index contributed by atoms with van der Waals surface area (Å²) >= 11 is 0. The standard InChI is InChI=1S/C21H29N3O4/c1-5-21(16-6-8-17(28-4)9-7-16)19(26)24(20(27)22-21)13-18(25)23-11-14(2)10-15(3)12-23/h6-9,14-15H,5,10-13H2,1-4H3,(H,22,27)/t14-,15-,21+/m0/s1. The van der Waals surface area contributed by atoms with E-state index in [-0.39, 0.29) is 18.4 Å². The van der Waals surface area contributed by atoms with Gasteiger partial charge in [-0.15, -0.1) is 0 Å². The average Bonchev–Trinajstić information content (AvgIpc) is 2.92. The van der Waals surface area contributed by atoms with Crippen molar-refractivity contribution in [1.82, 2.24) is 15.1 Å². The number of methoxy groups -OCH3 is 1. The van der Waals surface area contributed by atoms with Gasteiger partial charge in [-0.2, -0.15) is 0 Å². The Bertz CT molecular complexity index is 753. The number of benzene rings is 1. The van der Waals surface area contributed by atoms with Crippen LogP contribution in [0.3, 0.4) is 0 Å². The van der Waals surface area contributed by atoms with Crippen molar-refractivity contribution < 1.29 is 19.1 Å². The molecule has 3 rings (SSSR count). The van der Waals surface area contributed by atoms with Crippen LogP contribution in [0.25, 0.3) is 0 Å². The fourth-order valence-electron chi connectivity index (χ4n) is 4.39. The lowest BCUT2D eigenvalue weighted by Crippen LogP contribution is -2.49.